The molecule has 0 radical (unpaired) electrons. The van der Waals surface area contributed by atoms with Crippen LogP contribution >= 0.6 is 0 Å². The maximum absolute atomic E-state index is 10.9. The summed E-state index contributed by atoms with van der Waals surface area (Å²) in [5.74, 6) is -0.377. The second-order valence-corrected chi connectivity index (χ2v) is 4.57. The monoisotopic (exact) mass is 260 g/mol. The van der Waals surface area contributed by atoms with E-state index in [1.165, 1.54) is 6.26 Å². The molecule has 0 unspecified atom stereocenters. The zero-order valence-corrected chi connectivity index (χ0v) is 11.2. The zero-order chi connectivity index (χ0) is 14.0. The predicted molar refractivity (Wildman–Crippen MR) is 70.7 cm³/mol. The third-order valence-corrected chi connectivity index (χ3v) is 3.09. The molecule has 100 valence electrons. The van der Waals surface area contributed by atoms with E-state index < -0.39 is 5.97 Å². The van der Waals surface area contributed by atoms with Crippen LogP contribution in [0.2, 0.25) is 0 Å². The van der Waals surface area contributed by atoms with Gasteiger partial charge in [0.05, 0.1) is 6.26 Å². The minimum Gasteiger partial charge on any atom is -0.488 e. The normalized spacial score (nSPS) is 10.5. The lowest BCUT2D eigenvalue weighted by Crippen LogP contribution is -2.03. The maximum Gasteiger partial charge on any atom is 0.372 e. The first-order chi connectivity index (χ1) is 8.99. The van der Waals surface area contributed by atoms with E-state index in [9.17, 15) is 4.79 Å². The number of benzene rings is 1. The number of carboxylic acid groups (broad SMARTS) is 1. The average molecular weight is 260 g/mol. The summed E-state index contributed by atoms with van der Waals surface area (Å²) in [6, 6.07) is 5.65. The molecule has 1 aromatic heterocycles. The average Bonchev–Trinajstić information content (AvgIpc) is 2.80. The van der Waals surface area contributed by atoms with Gasteiger partial charge in [-0.25, -0.2) is 4.79 Å². The molecule has 2 rings (SSSR count). The molecule has 1 heterocycles. The fourth-order valence-electron chi connectivity index (χ4n) is 1.94. The molecule has 0 amide bonds. The van der Waals surface area contributed by atoms with Crippen LogP contribution in [0.25, 0.3) is 0 Å². The first kappa shape index (κ1) is 13.2. The Kier molecular flexibility index (Phi) is 3.60. The van der Waals surface area contributed by atoms with Gasteiger partial charge in [0.1, 0.15) is 12.4 Å². The highest BCUT2D eigenvalue weighted by Gasteiger charge is 2.14. The predicted octanol–water partition coefficient (Wildman–Crippen LogP) is 3.48. The van der Waals surface area contributed by atoms with Gasteiger partial charge in [-0.2, -0.15) is 0 Å². The van der Waals surface area contributed by atoms with E-state index in [0.29, 0.717) is 5.56 Å². The Labute approximate surface area is 111 Å². The van der Waals surface area contributed by atoms with Crippen LogP contribution in [0.1, 0.15) is 32.8 Å². The van der Waals surface area contributed by atoms with E-state index in [1.54, 1.807) is 6.07 Å². The molecule has 0 atom stereocenters. The molecule has 0 aliphatic heterocycles. The van der Waals surface area contributed by atoms with Crippen LogP contribution in [0.4, 0.5) is 0 Å². The highest BCUT2D eigenvalue weighted by Crippen LogP contribution is 2.24. The van der Waals surface area contributed by atoms with Gasteiger partial charge >= 0.3 is 5.97 Å². The summed E-state index contributed by atoms with van der Waals surface area (Å²) in [7, 11) is 0. The Hall–Kier alpha value is -2.23. The van der Waals surface area contributed by atoms with Gasteiger partial charge in [0, 0.05) is 5.56 Å². The van der Waals surface area contributed by atoms with Crippen LogP contribution in [-0.2, 0) is 6.61 Å². The third-order valence-electron chi connectivity index (χ3n) is 3.09. The number of aryl methyl sites for hydroxylation is 2. The molecular formula is C15H16O4. The van der Waals surface area contributed by atoms with Crippen LogP contribution in [0.3, 0.4) is 0 Å². The van der Waals surface area contributed by atoms with Crippen molar-refractivity contribution >= 4 is 5.97 Å². The Morgan fingerprint density at radius 3 is 2.74 bits per heavy atom. The molecule has 19 heavy (non-hydrogen) atoms. The summed E-state index contributed by atoms with van der Waals surface area (Å²) < 4.78 is 10.6. The maximum atomic E-state index is 10.9. The van der Waals surface area contributed by atoms with E-state index >= 15 is 0 Å². The van der Waals surface area contributed by atoms with E-state index in [2.05, 4.69) is 6.07 Å². The Bertz CT molecular complexity index is 611. The van der Waals surface area contributed by atoms with Crippen LogP contribution in [0.5, 0.6) is 5.75 Å². The summed E-state index contributed by atoms with van der Waals surface area (Å²) in [4.78, 5) is 10.9. The molecule has 4 heteroatoms. The van der Waals surface area contributed by atoms with Crippen molar-refractivity contribution in [1.82, 2.24) is 0 Å². The van der Waals surface area contributed by atoms with Gasteiger partial charge in [-0.05, 0) is 49.6 Å². The Morgan fingerprint density at radius 2 is 2.05 bits per heavy atom. The van der Waals surface area contributed by atoms with Crippen molar-refractivity contribution in [3.05, 3.63) is 52.5 Å². The summed E-state index contributed by atoms with van der Waals surface area (Å²) in [5.41, 5.74) is 3.86. The molecule has 1 N–H and O–H groups in total. The molecule has 2 aromatic rings. The number of furan rings is 1. The van der Waals surface area contributed by atoms with Gasteiger partial charge < -0.3 is 14.3 Å². The summed E-state index contributed by atoms with van der Waals surface area (Å²) in [6.07, 6.45) is 1.36. The highest BCUT2D eigenvalue weighted by molar-refractivity contribution is 5.86. The highest BCUT2D eigenvalue weighted by atomic mass is 16.5. The van der Waals surface area contributed by atoms with Crippen molar-refractivity contribution in [2.45, 2.75) is 27.4 Å². The number of ether oxygens (including phenoxy) is 1. The minimum absolute atomic E-state index is 0.0676. The molecule has 0 bridgehead atoms. The van der Waals surface area contributed by atoms with Crippen LogP contribution in [-0.4, -0.2) is 11.1 Å². The third kappa shape index (κ3) is 2.78. The Morgan fingerprint density at radius 1 is 1.32 bits per heavy atom. The number of carbonyl (C=O) groups is 1. The van der Waals surface area contributed by atoms with E-state index in [4.69, 9.17) is 14.3 Å². The van der Waals surface area contributed by atoms with Crippen molar-refractivity contribution in [3.8, 4) is 5.75 Å². The van der Waals surface area contributed by atoms with Crippen molar-refractivity contribution in [1.29, 1.82) is 0 Å². The van der Waals surface area contributed by atoms with Crippen molar-refractivity contribution in [2.75, 3.05) is 0 Å². The molecule has 0 fully saturated rings. The van der Waals surface area contributed by atoms with Crippen LogP contribution in [0, 0.1) is 20.8 Å². The van der Waals surface area contributed by atoms with Gasteiger partial charge in [0.15, 0.2) is 0 Å². The molecule has 0 saturated heterocycles. The second kappa shape index (κ2) is 5.18. The molecule has 0 spiro atoms. The topological polar surface area (TPSA) is 59.7 Å². The van der Waals surface area contributed by atoms with E-state index in [-0.39, 0.29) is 12.4 Å². The second-order valence-electron chi connectivity index (χ2n) is 4.57. The Balaban J connectivity index is 2.19. The lowest BCUT2D eigenvalue weighted by molar-refractivity contribution is 0.0658. The summed E-state index contributed by atoms with van der Waals surface area (Å²) >= 11 is 0. The van der Waals surface area contributed by atoms with Gasteiger partial charge in [-0.3, -0.25) is 0 Å². The minimum atomic E-state index is -1.08. The van der Waals surface area contributed by atoms with Crippen LogP contribution in [0.15, 0.2) is 28.9 Å². The van der Waals surface area contributed by atoms with E-state index in [1.807, 2.05) is 26.8 Å². The fourth-order valence-corrected chi connectivity index (χ4v) is 1.94. The zero-order valence-electron chi connectivity index (χ0n) is 11.2. The van der Waals surface area contributed by atoms with Gasteiger partial charge in [-0.1, -0.05) is 6.07 Å². The lowest BCUT2D eigenvalue weighted by Gasteiger charge is -2.12. The smallest absolute Gasteiger partial charge is 0.372 e. The number of rotatable bonds is 4. The number of carboxylic acids is 1. The van der Waals surface area contributed by atoms with Gasteiger partial charge in [0.25, 0.3) is 0 Å². The summed E-state index contributed by atoms with van der Waals surface area (Å²) in [6.45, 7) is 6.19. The molecule has 0 aliphatic carbocycles. The first-order valence-corrected chi connectivity index (χ1v) is 5.99. The molecule has 4 nitrogen and oxygen atoms in total. The molecule has 1 aromatic carbocycles. The molecular weight excluding hydrogens is 244 g/mol. The number of hydrogen-bond acceptors (Lipinski definition) is 3. The van der Waals surface area contributed by atoms with Crippen molar-refractivity contribution in [2.24, 2.45) is 0 Å². The van der Waals surface area contributed by atoms with Gasteiger partial charge in [0.2, 0.25) is 5.76 Å². The van der Waals surface area contributed by atoms with Crippen molar-refractivity contribution in [3.63, 3.8) is 0 Å². The van der Waals surface area contributed by atoms with Gasteiger partial charge in [-0.15, -0.1) is 0 Å². The SMILES string of the molecule is Cc1cc(C)c(C)c(OCc2ccoc2C(=O)O)c1. The molecule has 0 aliphatic rings. The van der Waals surface area contributed by atoms with E-state index in [0.717, 1.165) is 22.4 Å². The number of hydrogen-bond donors (Lipinski definition) is 1. The molecule has 0 saturated carbocycles. The lowest BCUT2D eigenvalue weighted by atomic mass is 10.1. The van der Waals surface area contributed by atoms with Crippen molar-refractivity contribution < 1.29 is 19.1 Å². The standard InChI is InChI=1S/C15H16O4/c1-9-6-10(2)11(3)13(7-9)19-8-12-4-5-18-14(12)15(16)17/h4-7H,8H2,1-3H3,(H,16,17). The largest absolute Gasteiger partial charge is 0.488 e. The quantitative estimate of drug-likeness (QED) is 0.914. The summed E-state index contributed by atoms with van der Waals surface area (Å²) in [5, 5.41) is 8.95. The fraction of sp³-hybridized carbons (Fsp3) is 0.267. The van der Waals surface area contributed by atoms with Crippen LogP contribution < -0.4 is 4.74 Å². The number of aromatic carboxylic acids is 1. The first-order valence-electron chi connectivity index (χ1n) is 5.99.